The van der Waals surface area contributed by atoms with Crippen LogP contribution in [0.25, 0.3) is 17.0 Å². The zero-order valence-electron chi connectivity index (χ0n) is 15.0. The molecule has 0 spiro atoms. The lowest BCUT2D eigenvalue weighted by Crippen LogP contribution is -2.36. The summed E-state index contributed by atoms with van der Waals surface area (Å²) in [5.74, 6) is 0.218. The van der Waals surface area contributed by atoms with E-state index in [9.17, 15) is 9.59 Å². The number of amides is 1. The minimum atomic E-state index is -0.394. The number of rotatable bonds is 5. The quantitative estimate of drug-likeness (QED) is 0.706. The number of hydrogen-bond acceptors (Lipinski definition) is 6. The van der Waals surface area contributed by atoms with Crippen LogP contribution < -0.4 is 11.0 Å². The normalized spacial score (nSPS) is 16.7. The highest BCUT2D eigenvalue weighted by Crippen LogP contribution is 2.15. The highest BCUT2D eigenvalue weighted by Gasteiger charge is 2.18. The molecule has 0 bridgehead atoms. The first-order valence-electron chi connectivity index (χ1n) is 8.89. The molecule has 9 heteroatoms. The number of nitrogens with one attached hydrogen (secondary N) is 1. The van der Waals surface area contributed by atoms with Gasteiger partial charge in [-0.3, -0.25) is 9.78 Å². The fourth-order valence-electron chi connectivity index (χ4n) is 3.17. The molecule has 0 radical (unpaired) electrons. The Morgan fingerprint density at radius 1 is 1.37 bits per heavy atom. The third kappa shape index (κ3) is 3.59. The third-order valence-electron chi connectivity index (χ3n) is 4.51. The number of hydrogen-bond donors (Lipinski definition) is 1. The third-order valence-corrected chi connectivity index (χ3v) is 4.51. The standard InChI is InChI=1S/C18H20N6O3/c1-12-21-15(14-6-2-3-7-19-14)9-16-22-23(18(26)24(12)16)11-17(25)20-10-13-5-4-8-27-13/h2-3,6-7,9,13H,4-5,8,10-11H2,1H3,(H,20,25)/t13-/m1/s1. The smallest absolute Gasteiger partial charge is 0.352 e. The highest BCUT2D eigenvalue weighted by molar-refractivity contribution is 5.75. The van der Waals surface area contributed by atoms with Gasteiger partial charge in [0.2, 0.25) is 5.91 Å². The van der Waals surface area contributed by atoms with Crippen molar-refractivity contribution in [3.63, 3.8) is 0 Å². The van der Waals surface area contributed by atoms with Gasteiger partial charge < -0.3 is 10.1 Å². The van der Waals surface area contributed by atoms with Crippen molar-refractivity contribution in [3.8, 4) is 11.4 Å². The number of aryl methyl sites for hydroxylation is 1. The summed E-state index contributed by atoms with van der Waals surface area (Å²) >= 11 is 0. The number of aromatic nitrogens is 5. The van der Waals surface area contributed by atoms with Crippen molar-refractivity contribution in [2.75, 3.05) is 13.2 Å². The summed E-state index contributed by atoms with van der Waals surface area (Å²) < 4.78 is 8.02. The summed E-state index contributed by atoms with van der Waals surface area (Å²) in [7, 11) is 0. The summed E-state index contributed by atoms with van der Waals surface area (Å²) in [4.78, 5) is 33.5. The number of ether oxygens (including phenoxy) is 1. The first-order chi connectivity index (χ1) is 13.1. The van der Waals surface area contributed by atoms with Gasteiger partial charge in [-0.1, -0.05) is 6.07 Å². The molecule has 1 aliphatic heterocycles. The van der Waals surface area contributed by atoms with E-state index in [4.69, 9.17) is 4.74 Å². The van der Waals surface area contributed by atoms with E-state index in [1.807, 2.05) is 18.2 Å². The minimum absolute atomic E-state index is 0.0547. The Bertz CT molecular complexity index is 1020. The lowest BCUT2D eigenvalue weighted by Gasteiger charge is -2.10. The predicted molar refractivity (Wildman–Crippen MR) is 97.2 cm³/mol. The van der Waals surface area contributed by atoms with Gasteiger partial charge >= 0.3 is 5.69 Å². The van der Waals surface area contributed by atoms with Gasteiger partial charge in [-0.25, -0.2) is 18.9 Å². The first kappa shape index (κ1) is 17.3. The maximum absolute atomic E-state index is 12.6. The molecular weight excluding hydrogens is 348 g/mol. The van der Waals surface area contributed by atoms with Crippen molar-refractivity contribution in [1.29, 1.82) is 0 Å². The van der Waals surface area contributed by atoms with E-state index in [0.717, 1.165) is 24.1 Å². The number of carbonyl (C=O) groups excluding carboxylic acids is 1. The van der Waals surface area contributed by atoms with E-state index < -0.39 is 5.69 Å². The van der Waals surface area contributed by atoms with E-state index in [1.54, 1.807) is 19.2 Å². The molecule has 27 heavy (non-hydrogen) atoms. The van der Waals surface area contributed by atoms with Crippen LogP contribution >= 0.6 is 0 Å². The summed E-state index contributed by atoms with van der Waals surface area (Å²) in [5.41, 5.74) is 1.36. The van der Waals surface area contributed by atoms with E-state index in [0.29, 0.717) is 29.4 Å². The van der Waals surface area contributed by atoms with Crippen LogP contribution in [-0.2, 0) is 16.1 Å². The van der Waals surface area contributed by atoms with Crippen LogP contribution in [-0.4, -0.2) is 49.3 Å². The van der Waals surface area contributed by atoms with E-state index >= 15 is 0 Å². The average Bonchev–Trinajstić information content (AvgIpc) is 3.29. The van der Waals surface area contributed by atoms with Crippen LogP contribution in [0.3, 0.4) is 0 Å². The Hall–Kier alpha value is -3.07. The second-order valence-corrected chi connectivity index (χ2v) is 6.48. The number of pyridine rings is 1. The molecule has 1 fully saturated rings. The van der Waals surface area contributed by atoms with Gasteiger partial charge in [0.25, 0.3) is 0 Å². The molecule has 1 atom stereocenters. The Morgan fingerprint density at radius 3 is 3.00 bits per heavy atom. The topological polar surface area (TPSA) is 103 Å². The van der Waals surface area contributed by atoms with E-state index in [-0.39, 0.29) is 18.6 Å². The van der Waals surface area contributed by atoms with Gasteiger partial charge in [-0.2, -0.15) is 0 Å². The first-order valence-corrected chi connectivity index (χ1v) is 8.89. The molecule has 0 unspecified atom stereocenters. The Labute approximate surface area is 155 Å². The van der Waals surface area contributed by atoms with Gasteiger partial charge in [0.15, 0.2) is 5.65 Å². The highest BCUT2D eigenvalue weighted by atomic mass is 16.5. The molecule has 9 nitrogen and oxygen atoms in total. The van der Waals surface area contributed by atoms with Crippen molar-refractivity contribution in [2.45, 2.75) is 32.4 Å². The summed E-state index contributed by atoms with van der Waals surface area (Å²) in [6.45, 7) is 2.76. The molecule has 1 aliphatic rings. The van der Waals surface area contributed by atoms with Crippen LogP contribution in [0, 0.1) is 6.92 Å². The lowest BCUT2D eigenvalue weighted by atomic mass is 10.2. The lowest BCUT2D eigenvalue weighted by molar-refractivity contribution is -0.122. The monoisotopic (exact) mass is 368 g/mol. The van der Waals surface area contributed by atoms with Crippen LogP contribution in [0.15, 0.2) is 35.3 Å². The zero-order chi connectivity index (χ0) is 18.8. The molecule has 0 aliphatic carbocycles. The summed E-state index contributed by atoms with van der Waals surface area (Å²) in [5, 5.41) is 7.08. The van der Waals surface area contributed by atoms with Gasteiger partial charge in [-0.15, -0.1) is 5.10 Å². The molecule has 140 valence electrons. The SMILES string of the molecule is Cc1nc(-c2ccccn2)cc2nn(CC(=O)NC[C@H]3CCCO3)c(=O)n12. The zero-order valence-corrected chi connectivity index (χ0v) is 15.0. The fourth-order valence-corrected chi connectivity index (χ4v) is 3.17. The van der Waals surface area contributed by atoms with Gasteiger partial charge in [0, 0.05) is 25.4 Å². The number of fused-ring (bicyclic) bond motifs is 1. The molecule has 1 N–H and O–H groups in total. The molecule has 1 saturated heterocycles. The molecule has 0 aromatic carbocycles. The molecule has 1 amide bonds. The Balaban J connectivity index is 1.57. The number of nitrogens with zero attached hydrogens (tertiary/aromatic N) is 5. The second-order valence-electron chi connectivity index (χ2n) is 6.48. The van der Waals surface area contributed by atoms with Gasteiger partial charge in [0.05, 0.1) is 17.5 Å². The van der Waals surface area contributed by atoms with Crippen LogP contribution in [0.2, 0.25) is 0 Å². The van der Waals surface area contributed by atoms with E-state index in [1.165, 1.54) is 4.40 Å². The largest absolute Gasteiger partial charge is 0.376 e. The fraction of sp³-hybridized carbons (Fsp3) is 0.389. The summed E-state index contributed by atoms with van der Waals surface area (Å²) in [6.07, 6.45) is 3.69. The maximum Gasteiger partial charge on any atom is 0.352 e. The van der Waals surface area contributed by atoms with Crippen molar-refractivity contribution in [1.82, 2.24) is 29.5 Å². The minimum Gasteiger partial charge on any atom is -0.376 e. The van der Waals surface area contributed by atoms with Crippen molar-refractivity contribution >= 4 is 11.6 Å². The molecule has 3 aromatic rings. The Morgan fingerprint density at radius 2 is 2.26 bits per heavy atom. The molecule has 4 rings (SSSR count). The maximum atomic E-state index is 12.6. The van der Waals surface area contributed by atoms with Crippen LogP contribution in [0.5, 0.6) is 0 Å². The Kier molecular flexibility index (Phi) is 4.68. The molecule has 4 heterocycles. The average molecular weight is 368 g/mol. The van der Waals surface area contributed by atoms with Gasteiger partial charge in [-0.05, 0) is 31.9 Å². The second kappa shape index (κ2) is 7.28. The van der Waals surface area contributed by atoms with E-state index in [2.05, 4.69) is 20.4 Å². The van der Waals surface area contributed by atoms with Crippen molar-refractivity contribution < 1.29 is 9.53 Å². The van der Waals surface area contributed by atoms with Crippen LogP contribution in [0.1, 0.15) is 18.7 Å². The predicted octanol–water partition coefficient (Wildman–Crippen LogP) is 0.557. The van der Waals surface area contributed by atoms with Crippen LogP contribution in [0.4, 0.5) is 0 Å². The number of carbonyl (C=O) groups is 1. The van der Waals surface area contributed by atoms with Crippen molar-refractivity contribution in [3.05, 3.63) is 46.8 Å². The summed E-state index contributed by atoms with van der Waals surface area (Å²) in [6, 6.07) is 7.22. The molecule has 3 aromatic heterocycles. The molecule has 0 saturated carbocycles. The van der Waals surface area contributed by atoms with Gasteiger partial charge in [0.1, 0.15) is 12.4 Å². The molecular formula is C18H20N6O3. The van der Waals surface area contributed by atoms with Crippen molar-refractivity contribution in [2.24, 2.45) is 0 Å².